The number of carbonyl (C=O) groups is 8. The summed E-state index contributed by atoms with van der Waals surface area (Å²) in [6, 6.07) is 10.0. The Morgan fingerprint density at radius 3 is 1.01 bits per heavy atom. The van der Waals surface area contributed by atoms with Crippen molar-refractivity contribution in [3.05, 3.63) is 293 Å². The molecule has 0 atom stereocenters. The number of thiazole rings is 5. The molecule has 712 valence electrons. The molecule has 11 heterocycles. The topological polar surface area (TPSA) is 497 Å². The number of amides is 1. The number of nitrogens with zero attached hydrogens (tertiary/aromatic N) is 18. The number of Topliss-reactive ketones (excluding diaryl/α,β-unsaturated/α-hetero) is 4. The second-order valence-electron chi connectivity index (χ2n) is 28.8. The fraction of sp³-hybridized carbons (Fsp3) is 0.318. The number of carboxylic acid groups (broad SMARTS) is 2. The molecule has 135 heavy (non-hydrogen) atoms. The SMILES string of the molecule is COC(=O)c1cnc(Cl)c(C)n1.C[Si](C)(C)[O-].Cc1c(Cl)cccc1C(=O)O.Cc1nc(C(=O)O)cnc1Cl.Cc1ncc(CCC(=O)c2cnc(CN)c(C)n2)s1.Cc1ncc(CCC(=O)c2cnc(CNC(=O)c3cccc(Cl)c3C)c(C)n2)s1.Cc1ncc(CCC(=O)c2cnc(Cl)c(C)n2)s1.Cc1ncc(CN)s1.Cl.Cl.[C-]#[N+]c1ncc(C(=O)CCc2cnc(C)s2)nc1C.[K+]. The molecule has 0 spiro atoms. The molecule has 1 amide bonds. The molecule has 0 aliphatic heterocycles. The number of aromatic carboxylic acids is 2. The number of rotatable bonds is 24. The van der Waals surface area contributed by atoms with Gasteiger partial charge in [-0.25, -0.2) is 79.2 Å². The Hall–Kier alpha value is -9.12. The van der Waals surface area contributed by atoms with Crippen LogP contribution in [0.1, 0.15) is 215 Å². The number of carboxylic acids is 2. The maximum Gasteiger partial charge on any atom is 1.00 e. The molecule has 13 aromatic rings. The predicted molar refractivity (Wildman–Crippen MR) is 529 cm³/mol. The minimum atomic E-state index is -1.86. The second kappa shape index (κ2) is 62.0. The van der Waals surface area contributed by atoms with E-state index in [1.54, 1.807) is 168 Å². The minimum absolute atomic E-state index is 0. The van der Waals surface area contributed by atoms with Crippen LogP contribution in [0.3, 0.4) is 0 Å². The van der Waals surface area contributed by atoms with Crippen LogP contribution in [0.5, 0.6) is 0 Å². The summed E-state index contributed by atoms with van der Waals surface area (Å²) in [5, 5.41) is 26.9. The van der Waals surface area contributed by atoms with Crippen molar-refractivity contribution in [2.45, 2.75) is 181 Å². The van der Waals surface area contributed by atoms with Crippen LogP contribution in [-0.2, 0) is 50.1 Å². The van der Waals surface area contributed by atoms with Crippen molar-refractivity contribution in [1.82, 2.24) is 90.0 Å². The third kappa shape index (κ3) is 44.1. The molecule has 0 bridgehead atoms. The van der Waals surface area contributed by atoms with Crippen molar-refractivity contribution in [3.63, 3.8) is 0 Å². The molecular formula is C88H99Cl7KN21O12S5Si. The molecule has 0 aliphatic carbocycles. The van der Waals surface area contributed by atoms with Gasteiger partial charge in [-0.05, 0) is 151 Å². The van der Waals surface area contributed by atoms with Crippen LogP contribution in [0.25, 0.3) is 4.85 Å². The van der Waals surface area contributed by atoms with Crippen LogP contribution in [-0.4, -0.2) is 157 Å². The molecule has 33 nitrogen and oxygen atoms in total. The Bertz CT molecular complexity index is 6200. The minimum Gasteiger partial charge on any atom is -0.859 e. The maximum atomic E-state index is 12.4. The second-order valence-corrected chi connectivity index (χ2v) is 41.5. The van der Waals surface area contributed by atoms with Gasteiger partial charge in [0.05, 0.1) is 121 Å². The summed E-state index contributed by atoms with van der Waals surface area (Å²) in [6.07, 6.45) is 21.5. The standard InChI is InChI=1S/C21H21ClN4O2S.C13H12N4OS.C13H16N4OS.C12H12ClN3OS.C8H7ClO2.C7H7ClN2O2.C6H5ClN2O2.C5H8N2S.C3H9OSi.2ClH.K/c1-12-16(5-4-6-17(12)22)21(28)25-10-18-13(2)26-19(11-24-18)20(27)8-7-15-9-23-14(3)29-15;1-8-13(14-3)16-7-11(17-8)12(18)5-4-10-6-15-9(2)19-10;1-8-11(5-14)16-7-12(17-8)13(18)4-3-10-6-15-9(2)19-10;1-7-12(13)15-6-10(16-7)11(17)4-3-9-5-14-8(2)18-9;1-5-6(8(10)11)3-2-4-7(5)9;1-4-6(8)9-3-5(10-4)7(11)12-2;1-3-5(7)8-2-4(9-3)6(10)11;1-4-7-3-5(2-6)8-4;1-5(2,3)4;;;/h4-6,9,11H,7-8,10H2,1-3H3,(H,25,28);6-7H,4-5H2,1-2H3;6-7H,3-5,14H2,1-2H3;5-6H,3-4H2,1-2H3;2-4H,1H3,(H,10,11);3H,1-2H3;2H,1H3,(H,10,11);3H,2,6H2,1H3;1-3H3;2*1H;/q;;;;;;;;-1;;;+1. The van der Waals surface area contributed by atoms with Crippen molar-refractivity contribution in [3.8, 4) is 0 Å². The maximum absolute atomic E-state index is 12.4. The van der Waals surface area contributed by atoms with E-state index in [1.807, 2.05) is 60.1 Å². The number of aryl methyl sites for hydroxylation is 15. The Balaban J connectivity index is 0.000000530. The number of nitrogens with one attached hydrogen (secondary N) is 1. The molecule has 7 N–H and O–H groups in total. The third-order valence-corrected chi connectivity index (χ3v) is 23.9. The van der Waals surface area contributed by atoms with Crippen LogP contribution in [0, 0.1) is 96.6 Å². The van der Waals surface area contributed by atoms with Gasteiger partial charge in [0, 0.05) is 110 Å². The summed E-state index contributed by atoms with van der Waals surface area (Å²) in [5.41, 5.74) is 19.2. The van der Waals surface area contributed by atoms with Gasteiger partial charge in [-0.1, -0.05) is 105 Å². The number of halogens is 7. The van der Waals surface area contributed by atoms with Crippen molar-refractivity contribution >= 4 is 201 Å². The van der Waals surface area contributed by atoms with Crippen molar-refractivity contribution in [2.75, 3.05) is 7.11 Å². The molecule has 13 rings (SSSR count). The van der Waals surface area contributed by atoms with E-state index in [4.69, 9.17) is 86.3 Å². The molecule has 0 saturated heterocycles. The van der Waals surface area contributed by atoms with E-state index in [0.29, 0.717) is 153 Å². The van der Waals surface area contributed by atoms with Gasteiger partial charge in [0.25, 0.3) is 11.7 Å². The molecule has 0 radical (unpaired) electrons. The number of hydrogen-bond acceptors (Lipinski definition) is 34. The first kappa shape index (κ1) is 122. The van der Waals surface area contributed by atoms with Crippen LogP contribution >= 0.6 is 140 Å². The third-order valence-electron chi connectivity index (χ3n) is 17.1. The number of benzene rings is 2. The summed E-state index contributed by atoms with van der Waals surface area (Å²) in [6.45, 7) is 36.9. The monoisotopic (exact) mass is 2110 g/mol. The summed E-state index contributed by atoms with van der Waals surface area (Å²) in [5.74, 6) is -2.67. The predicted octanol–water partition coefficient (Wildman–Crippen LogP) is 15.7. The smallest absolute Gasteiger partial charge is 0.859 e. The quantitative estimate of drug-likeness (QED) is 0.0162. The first-order valence-corrected chi connectivity index (χ1v) is 49.2. The Morgan fingerprint density at radius 2 is 0.719 bits per heavy atom. The van der Waals surface area contributed by atoms with Crippen molar-refractivity contribution < 1.29 is 109 Å². The first-order valence-electron chi connectivity index (χ1n) is 39.8. The zero-order valence-electron chi connectivity index (χ0n) is 77.0. The number of ketones is 4. The molecule has 0 aliphatic rings. The fourth-order valence-corrected chi connectivity index (χ4v) is 14.7. The number of hydrogen-bond donors (Lipinski definition) is 5. The molecule has 0 fully saturated rings. The average Bonchev–Trinajstić information content (AvgIpc) is 1.21. The van der Waals surface area contributed by atoms with E-state index in [2.05, 4.69) is 99.6 Å². The normalized spacial score (nSPS) is 10.1. The van der Waals surface area contributed by atoms with Gasteiger partial charge in [-0.3, -0.25) is 38.9 Å². The molecular weight excluding hydrogens is 2020 g/mol. The van der Waals surface area contributed by atoms with Crippen molar-refractivity contribution in [1.29, 1.82) is 0 Å². The molecule has 2 aromatic carbocycles. The summed E-state index contributed by atoms with van der Waals surface area (Å²) in [4.78, 5) is 180. The van der Waals surface area contributed by atoms with Crippen LogP contribution < -0.4 is 73.0 Å². The molecule has 0 unspecified atom stereocenters. The van der Waals surface area contributed by atoms with Gasteiger partial charge < -0.3 is 41.4 Å². The number of aromatic nitrogens is 17. The van der Waals surface area contributed by atoms with Crippen molar-refractivity contribution in [2.24, 2.45) is 11.5 Å². The number of carbonyl (C=O) groups excluding carboxylic acids is 6. The number of esters is 1. The van der Waals surface area contributed by atoms with Crippen LogP contribution in [0.2, 0.25) is 45.1 Å². The van der Waals surface area contributed by atoms with Gasteiger partial charge in [0.2, 0.25) is 0 Å². The molecule has 0 saturated carbocycles. The van der Waals surface area contributed by atoms with Gasteiger partial charge in [-0.2, -0.15) is 0 Å². The average molecular weight is 2120 g/mol. The van der Waals surface area contributed by atoms with Gasteiger partial charge >= 0.3 is 69.3 Å². The summed E-state index contributed by atoms with van der Waals surface area (Å²) < 4.78 is 4.45. The number of ether oxygens (including phenoxy) is 1. The van der Waals surface area contributed by atoms with E-state index in [9.17, 15) is 43.2 Å². The van der Waals surface area contributed by atoms with E-state index in [1.165, 1.54) is 44.2 Å². The summed E-state index contributed by atoms with van der Waals surface area (Å²) >= 11 is 36.7. The summed E-state index contributed by atoms with van der Waals surface area (Å²) in [7, 11) is -0.575. The van der Waals surface area contributed by atoms with Gasteiger partial charge in [0.1, 0.15) is 44.4 Å². The Morgan fingerprint density at radius 1 is 0.415 bits per heavy atom. The van der Waals surface area contributed by atoms with Gasteiger partial charge in [-0.15, -0.1) is 86.5 Å². The largest absolute Gasteiger partial charge is 1.00 e. The Kier molecular flexibility index (Phi) is 56.0. The van der Waals surface area contributed by atoms with E-state index >= 15 is 0 Å². The first-order chi connectivity index (χ1) is 62.3. The zero-order chi connectivity index (χ0) is 98.2. The van der Waals surface area contributed by atoms with Crippen LogP contribution in [0.15, 0.2) is 105 Å². The number of methoxy groups -OCH3 is 1. The van der Waals surface area contributed by atoms with Gasteiger partial charge in [0.15, 0.2) is 34.5 Å². The van der Waals surface area contributed by atoms with E-state index in [0.717, 1.165) is 72.6 Å². The fourth-order valence-electron chi connectivity index (χ4n) is 10.2. The zero-order valence-corrected chi connectivity index (χ0v) is 90.6. The van der Waals surface area contributed by atoms with Crippen LogP contribution in [0.4, 0.5) is 5.82 Å². The Labute approximate surface area is 882 Å². The van der Waals surface area contributed by atoms with E-state index in [-0.39, 0.29) is 140 Å². The molecule has 11 aromatic heterocycles. The van der Waals surface area contributed by atoms with E-state index < -0.39 is 26.2 Å². The molecule has 47 heteroatoms. The number of nitrogens with two attached hydrogens (primary N) is 2.